The van der Waals surface area contributed by atoms with Crippen LogP contribution in [0.1, 0.15) is 223 Å². The van der Waals surface area contributed by atoms with Crippen LogP contribution in [0, 0.1) is 5.92 Å². The van der Waals surface area contributed by atoms with Crippen molar-refractivity contribution < 1.29 is 67.4 Å². The Morgan fingerprint density at radius 2 is 1.24 bits per heavy atom. The van der Waals surface area contributed by atoms with Gasteiger partial charge in [0.1, 0.15) is 29.7 Å². The number of hydrogen-bond acceptors (Lipinski definition) is 26. The Balaban J connectivity index is 1.77. The summed E-state index contributed by atoms with van der Waals surface area (Å²) in [6.07, 6.45) is 17.5. The van der Waals surface area contributed by atoms with E-state index in [1.165, 1.54) is 13.8 Å². The maximum atomic E-state index is 14.7. The minimum atomic E-state index is -1.62. The Kier molecular flexibility index (Phi) is 43.4. The van der Waals surface area contributed by atoms with E-state index in [1.807, 2.05) is 57.2 Å². The van der Waals surface area contributed by atoms with E-state index in [9.17, 15) is 67.4 Å². The first kappa shape index (κ1) is 95.5. The highest BCUT2D eigenvalue weighted by molar-refractivity contribution is 6.07. The third-order valence-corrected chi connectivity index (χ3v) is 20.2. The summed E-state index contributed by atoms with van der Waals surface area (Å²) in [7, 11) is 0. The van der Waals surface area contributed by atoms with E-state index in [0.29, 0.717) is 44.8 Å². The van der Waals surface area contributed by atoms with E-state index >= 15 is 0 Å². The van der Waals surface area contributed by atoms with Gasteiger partial charge in [0.15, 0.2) is 52.0 Å². The van der Waals surface area contributed by atoms with E-state index in [-0.39, 0.29) is 118 Å². The number of para-hydroxylation sites is 1. The second kappa shape index (κ2) is 49.5. The third-order valence-electron chi connectivity index (χ3n) is 20.2. The zero-order chi connectivity index (χ0) is 81.4. The largest absolute Gasteiger partial charge is 0.512 e. The quantitative estimate of drug-likeness (QED) is 0.00720. The molecule has 0 fully saturated rings. The van der Waals surface area contributed by atoms with Gasteiger partial charge in [0.2, 0.25) is 11.8 Å². The second-order valence-corrected chi connectivity index (χ2v) is 30.5. The van der Waals surface area contributed by atoms with E-state index in [2.05, 4.69) is 63.3 Å². The number of primary amides is 1. The first-order valence-electron chi connectivity index (χ1n) is 38.9. The van der Waals surface area contributed by atoms with Gasteiger partial charge in [-0.05, 0) is 157 Å². The number of fused-ring (bicyclic) bond motifs is 1. The number of carbonyl (C=O) groups excluding carboxylic acids is 13. The molecule has 0 spiro atoms. The molecule has 0 saturated carbocycles. The van der Waals surface area contributed by atoms with Crippen LogP contribution in [0.2, 0.25) is 0 Å². The number of ketones is 10. The number of aliphatic hydroxyl groups is 1. The highest BCUT2D eigenvalue weighted by atomic mass is 16.3. The number of hydrazine groups is 1. The lowest BCUT2D eigenvalue weighted by atomic mass is 9.86. The molecular formula is C80H129N15O14. The number of aromatic nitrogens is 1. The molecule has 29 nitrogen and oxygen atoms in total. The van der Waals surface area contributed by atoms with Crippen LogP contribution >= 0.6 is 0 Å². The molecule has 109 heavy (non-hydrogen) atoms. The van der Waals surface area contributed by atoms with Gasteiger partial charge in [-0.25, -0.2) is 10.9 Å². The van der Waals surface area contributed by atoms with Crippen LogP contribution in [0.25, 0.3) is 10.9 Å². The van der Waals surface area contributed by atoms with Gasteiger partial charge < -0.3 is 58.7 Å². The molecule has 2 amide bonds. The average molecular weight is 1530 g/mol. The van der Waals surface area contributed by atoms with Gasteiger partial charge >= 0.3 is 0 Å². The number of nitrogens with two attached hydrogens (primary N) is 3. The molecule has 2 aromatic rings. The molecule has 0 radical (unpaired) electrons. The Labute approximate surface area is 644 Å². The molecule has 608 valence electrons. The Morgan fingerprint density at radius 3 is 1.86 bits per heavy atom. The maximum absolute atomic E-state index is 14.7. The van der Waals surface area contributed by atoms with Crippen molar-refractivity contribution in [2.24, 2.45) is 33.3 Å². The molecule has 1 aliphatic carbocycles. The number of nitrogens with one attached hydrogen (secondary N) is 10. The molecule has 29 heteroatoms. The van der Waals surface area contributed by atoms with Crippen LogP contribution in [0.5, 0.6) is 0 Å². The summed E-state index contributed by atoms with van der Waals surface area (Å²) in [4.78, 5) is 177. The van der Waals surface area contributed by atoms with Crippen molar-refractivity contribution in [3.8, 4) is 0 Å². The van der Waals surface area contributed by atoms with Gasteiger partial charge in [-0.3, -0.25) is 68.2 Å². The Morgan fingerprint density at radius 1 is 0.633 bits per heavy atom. The summed E-state index contributed by atoms with van der Waals surface area (Å²) in [5.74, 6) is -4.72. The Hall–Kier alpha value is -7.71. The molecule has 1 aromatic carbocycles. The van der Waals surface area contributed by atoms with E-state index in [1.54, 1.807) is 66.8 Å². The monoisotopic (exact) mass is 1520 g/mol. The molecule has 1 aliphatic rings. The zero-order valence-electron chi connectivity index (χ0n) is 66.7. The van der Waals surface area contributed by atoms with E-state index < -0.39 is 131 Å². The van der Waals surface area contributed by atoms with Crippen molar-refractivity contribution >= 4 is 86.8 Å². The number of aliphatic hydroxyl groups excluding tert-OH is 1. The van der Waals surface area contributed by atoms with E-state index in [4.69, 9.17) is 17.2 Å². The van der Waals surface area contributed by atoms with Gasteiger partial charge in [0.25, 0.3) is 0 Å². The molecule has 0 aliphatic heterocycles. The van der Waals surface area contributed by atoms with Crippen molar-refractivity contribution in [1.82, 2.24) is 53.1 Å². The predicted octanol–water partition coefficient (Wildman–Crippen LogP) is 5.68. The summed E-state index contributed by atoms with van der Waals surface area (Å²) in [6, 6.07) is 0.163. The fourth-order valence-electron chi connectivity index (χ4n) is 12.2. The van der Waals surface area contributed by atoms with Crippen LogP contribution in [0.15, 0.2) is 76.3 Å². The second-order valence-electron chi connectivity index (χ2n) is 30.5. The molecule has 17 N–H and O–H groups in total. The number of allylic oxidation sites excluding steroid dienone is 5. The number of rotatable bonds is 63. The number of aromatic amines is 1. The SMILES string of the molecule is CCCC[C@H](NCN[C@@H](C)C(=O)CCN[C@@H](C)C(=O)CC(=O)[C@](C)(CCC/C=C/CCCCCC[C@@](C)(N)C(=O)CN[C@@H](C)C(C)=O)NC(=O)[C@H](CC(C)C)NN[C@@H](CCC(N)=O)C(=O)CN[C@@H](C)C(=O)CC(=O)[C@](C)(Cc1c[nH]c2ccccc12)/N=N\[C@H](C=O)CC1=CC=C(O)CC1)C(=O)CN[C@@H](C)C(=O)CN. The van der Waals surface area contributed by atoms with Gasteiger partial charge in [0.05, 0.1) is 98.2 Å². The Bertz CT molecular complexity index is 3470. The molecule has 0 saturated heterocycles. The molecular weight excluding hydrogens is 1390 g/mol. The number of hydrogen-bond donors (Lipinski definition) is 14. The minimum absolute atomic E-state index is 0.0128. The van der Waals surface area contributed by atoms with Crippen LogP contribution < -0.4 is 65.3 Å². The molecule has 0 unspecified atom stereocenters. The lowest BCUT2D eigenvalue weighted by Gasteiger charge is -2.33. The lowest BCUT2D eigenvalue weighted by molar-refractivity contribution is -0.136. The van der Waals surface area contributed by atoms with Crippen LogP contribution in [0.4, 0.5) is 0 Å². The number of unbranched alkanes of at least 4 members (excludes halogenated alkanes) is 6. The van der Waals surface area contributed by atoms with Crippen molar-refractivity contribution in [2.75, 3.05) is 39.4 Å². The number of nitrogens with zero attached hydrogens (tertiary/aromatic N) is 2. The maximum Gasteiger partial charge on any atom is 0.239 e. The predicted molar refractivity (Wildman–Crippen MR) is 422 cm³/mol. The first-order chi connectivity index (χ1) is 51.5. The molecule has 12 atom stereocenters. The molecule has 3 rings (SSSR count). The van der Waals surface area contributed by atoms with Crippen molar-refractivity contribution in [3.05, 3.63) is 71.7 Å². The topological polar surface area (TPSA) is 469 Å². The van der Waals surface area contributed by atoms with Crippen molar-refractivity contribution in [2.45, 2.75) is 295 Å². The number of amides is 2. The highest BCUT2D eigenvalue weighted by Crippen LogP contribution is 2.29. The van der Waals surface area contributed by atoms with Crippen molar-refractivity contribution in [3.63, 3.8) is 0 Å². The van der Waals surface area contributed by atoms with Crippen LogP contribution in [0.3, 0.4) is 0 Å². The number of aldehydes is 1. The summed E-state index contributed by atoms with van der Waals surface area (Å²) >= 11 is 0. The number of Topliss-reactive ketones (excluding diaryl/α,β-unsaturated/α-hetero) is 10. The number of benzene rings is 1. The van der Waals surface area contributed by atoms with Gasteiger partial charge in [-0.1, -0.05) is 94.9 Å². The molecule has 1 aromatic heterocycles. The number of carbonyl (C=O) groups is 13. The summed E-state index contributed by atoms with van der Waals surface area (Å²) in [5.41, 5.74) is 21.5. The van der Waals surface area contributed by atoms with Gasteiger partial charge in [-0.2, -0.15) is 10.2 Å². The van der Waals surface area contributed by atoms with E-state index in [0.717, 1.165) is 67.0 Å². The van der Waals surface area contributed by atoms with Crippen LogP contribution in [-0.2, 0) is 68.7 Å². The minimum Gasteiger partial charge on any atom is -0.512 e. The number of H-pyrrole nitrogens is 1. The van der Waals surface area contributed by atoms with Crippen LogP contribution in [-0.4, -0.2) is 196 Å². The highest BCUT2D eigenvalue weighted by Gasteiger charge is 2.40. The standard InChI is InChI=1S/C80H129N15O14/c1-13-14-27-64(71(103)46-86-56(8)70(102)44-81)90-50-89-53(5)67(99)35-38-84-54(6)68(100)41-73(105)79(11,37-25-21-19-17-15-16-18-20-24-36-78(10,83)75(107)48-87-52(4)57(9)97)91-77(109)66(39-51(2)3)94-93-65(33-34-76(82)108)72(104)47-85-55(7)69(101)42-74(106)80(12,43-59-45-88-63-28-23-22-26-62(59)63)95-92-60(49-96)40-58-29-31-61(98)32-30-58/h17,19,22-23,26,28-29,31,45,49,51-56,60,64-66,84-90,93-94,98H,13-16,18,20-21,24-25,27,30,32-44,46-48,50,81,83H2,1-12H3,(H2,82,108)(H,91,109)/b19-17+,95-92-/t52-,53-,54-,55-,56-,60-,64-,65-,66-,78+,79-,80-/m0/s1. The van der Waals surface area contributed by atoms with Crippen molar-refractivity contribution in [1.29, 1.82) is 0 Å². The fourth-order valence-corrected chi connectivity index (χ4v) is 12.2. The third kappa shape index (κ3) is 35.5. The zero-order valence-corrected chi connectivity index (χ0v) is 66.7. The average Bonchev–Trinajstić information content (AvgIpc) is 1.77. The number of azo groups is 1. The lowest BCUT2D eigenvalue weighted by Crippen LogP contribution is -2.61. The fraction of sp³-hybridized carbons (Fsp3) is 0.662. The summed E-state index contributed by atoms with van der Waals surface area (Å²) in [5, 5.41) is 40.7. The van der Waals surface area contributed by atoms with Gasteiger partial charge in [-0.15, -0.1) is 0 Å². The summed E-state index contributed by atoms with van der Waals surface area (Å²) in [6.45, 7) is 19.8. The molecule has 1 heterocycles. The first-order valence-corrected chi connectivity index (χ1v) is 38.9. The normalized spacial score (nSPS) is 16.8. The van der Waals surface area contributed by atoms with Gasteiger partial charge in [0, 0.05) is 56.0 Å². The smallest absolute Gasteiger partial charge is 0.239 e. The molecule has 0 bridgehead atoms. The summed E-state index contributed by atoms with van der Waals surface area (Å²) < 4.78 is 0.